The van der Waals surface area contributed by atoms with E-state index in [0.29, 0.717) is 24.1 Å². The highest BCUT2D eigenvalue weighted by atomic mass is 16.9. The van der Waals surface area contributed by atoms with Crippen molar-refractivity contribution in [3.63, 3.8) is 0 Å². The van der Waals surface area contributed by atoms with E-state index in [0.717, 1.165) is 11.1 Å². The third kappa shape index (κ3) is 2.99. The predicted molar refractivity (Wildman–Crippen MR) is 81.0 cm³/mol. The van der Waals surface area contributed by atoms with E-state index >= 15 is 0 Å². The Morgan fingerprint density at radius 1 is 1.27 bits per heavy atom. The lowest BCUT2D eigenvalue weighted by Crippen LogP contribution is -2.49. The smallest absolute Gasteiger partial charge is 0.175 e. The van der Waals surface area contributed by atoms with E-state index in [-0.39, 0.29) is 12.3 Å². The molecule has 1 aromatic heterocycles. The summed E-state index contributed by atoms with van der Waals surface area (Å²) in [6.07, 6.45) is 7.36. The van der Waals surface area contributed by atoms with E-state index < -0.39 is 5.41 Å². The minimum absolute atomic E-state index is 0.0485. The van der Waals surface area contributed by atoms with Crippen LogP contribution in [0.1, 0.15) is 33.0 Å². The molecule has 0 fully saturated rings. The molecule has 1 N–H and O–H groups in total. The Labute approximate surface area is 130 Å². The second-order valence-electron chi connectivity index (χ2n) is 5.18. The summed E-state index contributed by atoms with van der Waals surface area (Å²) in [5.41, 5.74) is 0.621. The molecule has 0 saturated heterocycles. The van der Waals surface area contributed by atoms with Gasteiger partial charge in [-0.15, -0.1) is 0 Å². The number of nitrogens with zero attached hydrogens (tertiary/aromatic N) is 3. The van der Waals surface area contributed by atoms with Crippen LogP contribution in [0.2, 0.25) is 0 Å². The largest absolute Gasteiger partial charge is 0.293 e. The molecular weight excluding hydrogens is 282 g/mol. The van der Waals surface area contributed by atoms with E-state index in [1.165, 1.54) is 0 Å². The van der Waals surface area contributed by atoms with Crippen LogP contribution < -0.4 is 0 Å². The lowest BCUT2D eigenvalue weighted by atomic mass is 9.70. The molecule has 0 saturated carbocycles. The zero-order valence-corrected chi connectivity index (χ0v) is 13.1. The summed E-state index contributed by atoms with van der Waals surface area (Å²) in [6.45, 7) is 5.86. The molecule has 0 aliphatic heterocycles. The van der Waals surface area contributed by atoms with Crippen LogP contribution in [-0.4, -0.2) is 39.3 Å². The third-order valence-electron chi connectivity index (χ3n) is 3.71. The summed E-state index contributed by atoms with van der Waals surface area (Å²) < 4.78 is 0. The van der Waals surface area contributed by atoms with Gasteiger partial charge in [0.15, 0.2) is 5.78 Å². The van der Waals surface area contributed by atoms with Crippen molar-refractivity contribution in [3.05, 3.63) is 47.6 Å². The molecule has 6 heteroatoms. The SMILES string of the molecule is CCON(O)CC1(c2ncccn2)C(=O)C=C(C)C=C1CC. The first kappa shape index (κ1) is 16.5. The van der Waals surface area contributed by atoms with Crippen molar-refractivity contribution in [1.82, 2.24) is 15.2 Å². The van der Waals surface area contributed by atoms with Gasteiger partial charge in [-0.3, -0.25) is 14.8 Å². The Morgan fingerprint density at radius 3 is 2.55 bits per heavy atom. The molecule has 6 nitrogen and oxygen atoms in total. The Kier molecular flexibility index (Phi) is 5.18. The average molecular weight is 303 g/mol. The van der Waals surface area contributed by atoms with E-state index in [1.807, 2.05) is 19.9 Å². The van der Waals surface area contributed by atoms with Crippen LogP contribution in [-0.2, 0) is 15.0 Å². The van der Waals surface area contributed by atoms with Crippen LogP contribution in [0.5, 0.6) is 0 Å². The van der Waals surface area contributed by atoms with Gasteiger partial charge in [-0.25, -0.2) is 9.97 Å². The lowest BCUT2D eigenvalue weighted by Gasteiger charge is -2.36. The van der Waals surface area contributed by atoms with Gasteiger partial charge in [0.05, 0.1) is 13.2 Å². The summed E-state index contributed by atoms with van der Waals surface area (Å²) in [5.74, 6) is 0.227. The molecule has 1 aliphatic rings. The number of ketones is 1. The molecule has 1 atom stereocenters. The van der Waals surface area contributed by atoms with Gasteiger partial charge in [0.2, 0.25) is 0 Å². The summed E-state index contributed by atoms with van der Waals surface area (Å²) in [5, 5.41) is 10.7. The number of allylic oxidation sites excluding steroid dienone is 3. The molecular formula is C16H21N3O3. The first-order chi connectivity index (χ1) is 10.5. The minimum atomic E-state index is -1.13. The number of carbonyl (C=O) groups is 1. The zero-order chi connectivity index (χ0) is 16.2. The fourth-order valence-corrected chi connectivity index (χ4v) is 2.75. The molecule has 1 aromatic rings. The van der Waals surface area contributed by atoms with Crippen LogP contribution in [0, 0.1) is 0 Å². The lowest BCUT2D eigenvalue weighted by molar-refractivity contribution is -0.342. The molecule has 0 amide bonds. The van der Waals surface area contributed by atoms with Crippen molar-refractivity contribution in [2.45, 2.75) is 32.6 Å². The Bertz CT molecular complexity index is 598. The molecule has 1 unspecified atom stereocenters. The number of hydrogen-bond acceptors (Lipinski definition) is 6. The fourth-order valence-electron chi connectivity index (χ4n) is 2.75. The van der Waals surface area contributed by atoms with E-state index in [4.69, 9.17) is 4.84 Å². The number of carbonyl (C=O) groups excluding carboxylic acids is 1. The van der Waals surface area contributed by atoms with Crippen LogP contribution in [0.25, 0.3) is 0 Å². The highest BCUT2D eigenvalue weighted by Gasteiger charge is 2.47. The van der Waals surface area contributed by atoms with Gasteiger partial charge < -0.3 is 0 Å². The maximum absolute atomic E-state index is 12.8. The highest BCUT2D eigenvalue weighted by molar-refractivity contribution is 6.03. The van der Waals surface area contributed by atoms with Gasteiger partial charge in [-0.2, -0.15) is 0 Å². The van der Waals surface area contributed by atoms with Gasteiger partial charge in [0, 0.05) is 12.4 Å². The maximum Gasteiger partial charge on any atom is 0.175 e. The minimum Gasteiger partial charge on any atom is -0.293 e. The van der Waals surface area contributed by atoms with E-state index in [9.17, 15) is 10.0 Å². The maximum atomic E-state index is 12.8. The van der Waals surface area contributed by atoms with Crippen molar-refractivity contribution in [2.75, 3.05) is 13.2 Å². The Morgan fingerprint density at radius 2 is 1.95 bits per heavy atom. The number of rotatable bonds is 6. The first-order valence-corrected chi connectivity index (χ1v) is 7.35. The van der Waals surface area contributed by atoms with Crippen molar-refractivity contribution >= 4 is 5.78 Å². The molecule has 0 radical (unpaired) electrons. The second kappa shape index (κ2) is 6.91. The van der Waals surface area contributed by atoms with Crippen LogP contribution >= 0.6 is 0 Å². The molecule has 0 bridgehead atoms. The van der Waals surface area contributed by atoms with Gasteiger partial charge in [0.25, 0.3) is 0 Å². The molecule has 0 spiro atoms. The van der Waals surface area contributed by atoms with Crippen LogP contribution in [0.4, 0.5) is 0 Å². The molecule has 118 valence electrons. The summed E-state index contributed by atoms with van der Waals surface area (Å²) in [6, 6.07) is 1.69. The van der Waals surface area contributed by atoms with E-state index in [1.54, 1.807) is 31.5 Å². The standard InChI is InChI=1S/C16H21N3O3/c1-4-13-9-12(3)10-14(20)16(13,11-19(21)22-5-2)15-17-7-6-8-18-15/h6-10,21H,4-5,11H2,1-3H3. The van der Waals surface area contributed by atoms with Gasteiger partial charge in [-0.05, 0) is 43.6 Å². The van der Waals surface area contributed by atoms with Gasteiger partial charge in [0.1, 0.15) is 11.2 Å². The first-order valence-electron chi connectivity index (χ1n) is 7.35. The topological polar surface area (TPSA) is 75.6 Å². The van der Waals surface area contributed by atoms with Crippen molar-refractivity contribution in [1.29, 1.82) is 0 Å². The quantitative estimate of drug-likeness (QED) is 0.812. The number of hydrogen-bond donors (Lipinski definition) is 1. The van der Waals surface area contributed by atoms with Crippen molar-refractivity contribution < 1.29 is 14.8 Å². The van der Waals surface area contributed by atoms with Gasteiger partial charge >= 0.3 is 0 Å². The second-order valence-corrected chi connectivity index (χ2v) is 5.18. The number of hydroxylamine groups is 2. The third-order valence-corrected chi connectivity index (χ3v) is 3.71. The number of aromatic nitrogens is 2. The highest BCUT2D eigenvalue weighted by Crippen LogP contribution is 2.38. The van der Waals surface area contributed by atoms with Crippen LogP contribution in [0.15, 0.2) is 41.8 Å². The monoisotopic (exact) mass is 303 g/mol. The average Bonchev–Trinajstić information content (AvgIpc) is 2.50. The van der Waals surface area contributed by atoms with E-state index in [2.05, 4.69) is 9.97 Å². The summed E-state index contributed by atoms with van der Waals surface area (Å²) in [4.78, 5) is 26.5. The Balaban J connectivity index is 2.55. The molecule has 1 aliphatic carbocycles. The molecule has 22 heavy (non-hydrogen) atoms. The Hall–Kier alpha value is -1.89. The van der Waals surface area contributed by atoms with Crippen molar-refractivity contribution in [3.8, 4) is 0 Å². The van der Waals surface area contributed by atoms with Crippen molar-refractivity contribution in [2.24, 2.45) is 0 Å². The fraction of sp³-hybridized carbons (Fsp3) is 0.438. The summed E-state index contributed by atoms with van der Waals surface area (Å²) in [7, 11) is 0. The predicted octanol–water partition coefficient (Wildman–Crippen LogP) is 2.22. The van der Waals surface area contributed by atoms with Gasteiger partial charge in [-0.1, -0.05) is 18.2 Å². The molecule has 2 rings (SSSR count). The van der Waals surface area contributed by atoms with Crippen LogP contribution in [0.3, 0.4) is 0 Å². The molecule has 1 heterocycles. The molecule has 0 aromatic carbocycles. The zero-order valence-electron chi connectivity index (χ0n) is 13.1. The normalized spacial score (nSPS) is 21.8. The summed E-state index contributed by atoms with van der Waals surface area (Å²) >= 11 is 0.